The number of rotatable bonds is 2. The summed E-state index contributed by atoms with van der Waals surface area (Å²) in [6.07, 6.45) is 0. The van der Waals surface area contributed by atoms with Crippen molar-refractivity contribution < 1.29 is 8.91 Å². The zero-order chi connectivity index (χ0) is 15.0. The summed E-state index contributed by atoms with van der Waals surface area (Å²) in [5.41, 5.74) is 9.00. The maximum absolute atomic E-state index is 13.8. The van der Waals surface area contributed by atoms with Crippen LogP contribution in [0.25, 0.3) is 22.4 Å². The van der Waals surface area contributed by atoms with Crippen molar-refractivity contribution in [3.8, 4) is 22.4 Å². The number of halogens is 2. The minimum absolute atomic E-state index is 0.188. The van der Waals surface area contributed by atoms with E-state index in [-0.39, 0.29) is 11.7 Å². The first-order chi connectivity index (χ1) is 10.1. The Labute approximate surface area is 126 Å². The van der Waals surface area contributed by atoms with Gasteiger partial charge in [-0.1, -0.05) is 41.0 Å². The lowest BCUT2D eigenvalue weighted by molar-refractivity contribution is 0.439. The van der Waals surface area contributed by atoms with Gasteiger partial charge in [-0.15, -0.1) is 0 Å². The van der Waals surface area contributed by atoms with E-state index >= 15 is 0 Å². The first-order valence-corrected chi connectivity index (χ1v) is 6.71. The van der Waals surface area contributed by atoms with Crippen molar-refractivity contribution >= 4 is 17.5 Å². The number of aryl methyl sites for hydroxylation is 1. The minimum atomic E-state index is -0.295. The van der Waals surface area contributed by atoms with Gasteiger partial charge in [-0.05, 0) is 36.2 Å². The molecule has 1 heterocycles. The van der Waals surface area contributed by atoms with Gasteiger partial charge >= 0.3 is 0 Å². The van der Waals surface area contributed by atoms with Gasteiger partial charge in [0.2, 0.25) is 5.88 Å². The van der Waals surface area contributed by atoms with Crippen LogP contribution in [0.2, 0.25) is 5.02 Å². The molecule has 0 aliphatic heterocycles. The molecule has 3 rings (SSSR count). The number of anilines is 1. The van der Waals surface area contributed by atoms with Crippen molar-refractivity contribution in [2.45, 2.75) is 6.92 Å². The maximum Gasteiger partial charge on any atom is 0.230 e. The second kappa shape index (κ2) is 5.22. The molecule has 0 aliphatic carbocycles. The van der Waals surface area contributed by atoms with Gasteiger partial charge in [0, 0.05) is 10.6 Å². The molecule has 0 unspecified atom stereocenters. The molecule has 106 valence electrons. The highest BCUT2D eigenvalue weighted by Gasteiger charge is 2.18. The first kappa shape index (κ1) is 13.6. The van der Waals surface area contributed by atoms with E-state index in [1.807, 2.05) is 12.1 Å². The molecule has 0 spiro atoms. The molecule has 0 bridgehead atoms. The highest BCUT2D eigenvalue weighted by Crippen LogP contribution is 2.36. The van der Waals surface area contributed by atoms with Crippen LogP contribution < -0.4 is 5.73 Å². The van der Waals surface area contributed by atoms with Crippen LogP contribution >= 0.6 is 11.6 Å². The van der Waals surface area contributed by atoms with E-state index in [1.165, 1.54) is 6.07 Å². The zero-order valence-electron chi connectivity index (χ0n) is 11.2. The second-order valence-electron chi connectivity index (χ2n) is 4.74. The van der Waals surface area contributed by atoms with E-state index in [0.29, 0.717) is 27.4 Å². The molecular weight excluding hydrogens is 291 g/mol. The Balaban J connectivity index is 2.16. The number of aromatic nitrogens is 1. The van der Waals surface area contributed by atoms with Gasteiger partial charge in [-0.2, -0.15) is 0 Å². The third-order valence-corrected chi connectivity index (χ3v) is 3.55. The van der Waals surface area contributed by atoms with Gasteiger partial charge in [0.15, 0.2) is 0 Å². The van der Waals surface area contributed by atoms with Crippen molar-refractivity contribution in [2.75, 3.05) is 5.73 Å². The summed E-state index contributed by atoms with van der Waals surface area (Å²) in [5.74, 6) is -0.107. The Morgan fingerprint density at radius 2 is 1.76 bits per heavy atom. The Morgan fingerprint density at radius 3 is 2.43 bits per heavy atom. The summed E-state index contributed by atoms with van der Waals surface area (Å²) in [6, 6.07) is 12.0. The molecule has 0 radical (unpaired) electrons. The maximum atomic E-state index is 13.8. The molecule has 3 aromatic rings. The number of benzene rings is 2. The Hall–Kier alpha value is -2.33. The van der Waals surface area contributed by atoms with Crippen molar-refractivity contribution in [3.05, 3.63) is 58.9 Å². The van der Waals surface area contributed by atoms with E-state index in [4.69, 9.17) is 21.9 Å². The van der Waals surface area contributed by atoms with E-state index in [1.54, 1.807) is 31.2 Å². The second-order valence-corrected chi connectivity index (χ2v) is 5.18. The summed E-state index contributed by atoms with van der Waals surface area (Å²) in [6.45, 7) is 1.70. The van der Waals surface area contributed by atoms with Crippen LogP contribution in [-0.4, -0.2) is 5.16 Å². The lowest BCUT2D eigenvalue weighted by Crippen LogP contribution is -1.89. The van der Waals surface area contributed by atoms with Crippen LogP contribution in [0, 0.1) is 12.7 Å². The Kier molecular flexibility index (Phi) is 3.39. The Bertz CT molecular complexity index is 797. The summed E-state index contributed by atoms with van der Waals surface area (Å²) in [5, 5.41) is 4.58. The molecule has 0 saturated carbocycles. The highest BCUT2D eigenvalue weighted by molar-refractivity contribution is 6.30. The summed E-state index contributed by atoms with van der Waals surface area (Å²) in [7, 11) is 0. The predicted octanol–water partition coefficient (Wildman–Crippen LogP) is 4.69. The Morgan fingerprint density at radius 1 is 1.10 bits per heavy atom. The number of hydrogen-bond donors (Lipinski definition) is 1. The van der Waals surface area contributed by atoms with Crippen LogP contribution in [0.4, 0.5) is 10.3 Å². The van der Waals surface area contributed by atoms with Crippen molar-refractivity contribution in [3.63, 3.8) is 0 Å². The molecule has 0 atom stereocenters. The molecule has 1 aromatic heterocycles. The van der Waals surface area contributed by atoms with Crippen LogP contribution in [0.3, 0.4) is 0 Å². The fourth-order valence-corrected chi connectivity index (χ4v) is 2.26. The van der Waals surface area contributed by atoms with Gasteiger partial charge in [-0.3, -0.25) is 0 Å². The average Bonchev–Trinajstić information content (AvgIpc) is 2.85. The highest BCUT2D eigenvalue weighted by atomic mass is 35.5. The first-order valence-electron chi connectivity index (χ1n) is 6.34. The standard InChI is InChI=1S/C16H12ClFN2O/c1-9-2-3-11(8-13(9)18)15-14(16(19)21-20-15)10-4-6-12(17)7-5-10/h2-8H,19H2,1H3. The molecule has 0 aliphatic rings. The predicted molar refractivity (Wildman–Crippen MR) is 81.5 cm³/mol. The molecule has 2 aromatic carbocycles. The lowest BCUT2D eigenvalue weighted by Gasteiger charge is -2.04. The fraction of sp³-hybridized carbons (Fsp3) is 0.0625. The quantitative estimate of drug-likeness (QED) is 0.747. The average molecular weight is 303 g/mol. The lowest BCUT2D eigenvalue weighted by atomic mass is 10.00. The topological polar surface area (TPSA) is 52.0 Å². The van der Waals surface area contributed by atoms with Gasteiger partial charge in [-0.25, -0.2) is 4.39 Å². The van der Waals surface area contributed by atoms with E-state index in [0.717, 1.165) is 5.56 Å². The van der Waals surface area contributed by atoms with Crippen LogP contribution in [0.1, 0.15) is 5.56 Å². The van der Waals surface area contributed by atoms with Gasteiger partial charge in [0.25, 0.3) is 0 Å². The molecule has 21 heavy (non-hydrogen) atoms. The van der Waals surface area contributed by atoms with Crippen molar-refractivity contribution in [2.24, 2.45) is 0 Å². The number of nitrogens with zero attached hydrogens (tertiary/aromatic N) is 1. The molecule has 3 nitrogen and oxygen atoms in total. The SMILES string of the molecule is Cc1ccc(-c2noc(N)c2-c2ccc(Cl)cc2)cc1F. The van der Waals surface area contributed by atoms with E-state index in [2.05, 4.69) is 5.16 Å². The zero-order valence-corrected chi connectivity index (χ0v) is 12.0. The smallest absolute Gasteiger partial charge is 0.230 e. The molecule has 0 amide bonds. The summed E-state index contributed by atoms with van der Waals surface area (Å²) >= 11 is 5.89. The van der Waals surface area contributed by atoms with Crippen molar-refractivity contribution in [1.82, 2.24) is 5.16 Å². The number of hydrogen-bond acceptors (Lipinski definition) is 3. The molecule has 5 heteroatoms. The largest absolute Gasteiger partial charge is 0.367 e. The third-order valence-electron chi connectivity index (χ3n) is 3.30. The molecule has 0 saturated heterocycles. The van der Waals surface area contributed by atoms with Gasteiger partial charge < -0.3 is 10.3 Å². The molecular formula is C16H12ClFN2O. The molecule has 0 fully saturated rings. The molecule has 2 N–H and O–H groups in total. The summed E-state index contributed by atoms with van der Waals surface area (Å²) in [4.78, 5) is 0. The third kappa shape index (κ3) is 2.50. The fourth-order valence-electron chi connectivity index (χ4n) is 2.14. The normalized spacial score (nSPS) is 10.8. The van der Waals surface area contributed by atoms with Gasteiger partial charge in [0.1, 0.15) is 11.5 Å². The van der Waals surface area contributed by atoms with Gasteiger partial charge in [0.05, 0.1) is 5.56 Å². The van der Waals surface area contributed by atoms with E-state index < -0.39 is 0 Å². The number of nitrogens with two attached hydrogens (primary N) is 1. The number of nitrogen functional groups attached to an aromatic ring is 1. The van der Waals surface area contributed by atoms with Crippen molar-refractivity contribution in [1.29, 1.82) is 0 Å². The van der Waals surface area contributed by atoms with E-state index in [9.17, 15) is 4.39 Å². The van der Waals surface area contributed by atoms with Crippen LogP contribution in [-0.2, 0) is 0 Å². The minimum Gasteiger partial charge on any atom is -0.367 e. The summed E-state index contributed by atoms with van der Waals surface area (Å²) < 4.78 is 18.8. The van der Waals surface area contributed by atoms with Crippen LogP contribution in [0.15, 0.2) is 47.0 Å². The van der Waals surface area contributed by atoms with Crippen LogP contribution in [0.5, 0.6) is 0 Å². The monoisotopic (exact) mass is 302 g/mol.